The summed E-state index contributed by atoms with van der Waals surface area (Å²) in [6.45, 7) is 1.70. The predicted molar refractivity (Wildman–Crippen MR) is 69.4 cm³/mol. The smallest absolute Gasteiger partial charge is 0.150 e. The Bertz CT molecular complexity index is 542. The number of aryl methyl sites for hydroxylation is 1. The molecule has 2 atom stereocenters. The van der Waals surface area contributed by atoms with Crippen LogP contribution in [0, 0.1) is 18.7 Å². The third-order valence-electron chi connectivity index (χ3n) is 3.54. The van der Waals surface area contributed by atoms with E-state index in [1.54, 1.807) is 13.0 Å². The molecule has 1 heterocycles. The Labute approximate surface area is 107 Å². The SMILES string of the molecule is Cc1ccc(C(N)CC2CCS(=O)(=O)C2)cc1F. The molecule has 2 rings (SSSR count). The van der Waals surface area contributed by atoms with Crippen LogP contribution in [0.2, 0.25) is 0 Å². The molecule has 0 aliphatic carbocycles. The van der Waals surface area contributed by atoms with Gasteiger partial charge in [-0.25, -0.2) is 12.8 Å². The molecular weight excluding hydrogens is 253 g/mol. The molecule has 0 spiro atoms. The van der Waals surface area contributed by atoms with Gasteiger partial charge in [-0.05, 0) is 42.9 Å². The summed E-state index contributed by atoms with van der Waals surface area (Å²) in [6.07, 6.45) is 1.27. The lowest BCUT2D eigenvalue weighted by molar-refractivity contribution is 0.479. The van der Waals surface area contributed by atoms with Crippen LogP contribution in [0.3, 0.4) is 0 Å². The molecule has 18 heavy (non-hydrogen) atoms. The van der Waals surface area contributed by atoms with Gasteiger partial charge < -0.3 is 5.73 Å². The van der Waals surface area contributed by atoms with Gasteiger partial charge in [0.05, 0.1) is 11.5 Å². The monoisotopic (exact) mass is 271 g/mol. The fraction of sp³-hybridized carbons (Fsp3) is 0.538. The summed E-state index contributed by atoms with van der Waals surface area (Å²) >= 11 is 0. The highest BCUT2D eigenvalue weighted by Gasteiger charge is 2.29. The minimum absolute atomic E-state index is 0.106. The van der Waals surface area contributed by atoms with E-state index in [0.29, 0.717) is 18.4 Å². The van der Waals surface area contributed by atoms with E-state index in [-0.39, 0.29) is 29.3 Å². The van der Waals surface area contributed by atoms with E-state index in [9.17, 15) is 12.8 Å². The third-order valence-corrected chi connectivity index (χ3v) is 5.38. The van der Waals surface area contributed by atoms with Gasteiger partial charge in [-0.1, -0.05) is 12.1 Å². The first-order valence-electron chi connectivity index (χ1n) is 6.09. The molecule has 0 bridgehead atoms. The van der Waals surface area contributed by atoms with Gasteiger partial charge in [-0.2, -0.15) is 0 Å². The zero-order valence-electron chi connectivity index (χ0n) is 10.4. The predicted octanol–water partition coefficient (Wildman–Crippen LogP) is 1.96. The van der Waals surface area contributed by atoms with E-state index in [4.69, 9.17) is 5.73 Å². The maximum atomic E-state index is 13.4. The Morgan fingerprint density at radius 1 is 1.50 bits per heavy atom. The number of nitrogens with two attached hydrogens (primary N) is 1. The van der Waals surface area contributed by atoms with Crippen LogP contribution in [-0.4, -0.2) is 19.9 Å². The minimum atomic E-state index is -2.87. The van der Waals surface area contributed by atoms with E-state index in [2.05, 4.69) is 0 Å². The quantitative estimate of drug-likeness (QED) is 0.914. The Morgan fingerprint density at radius 2 is 2.22 bits per heavy atom. The summed E-state index contributed by atoms with van der Waals surface area (Å²) in [5.41, 5.74) is 7.35. The normalized spacial score (nSPS) is 24.1. The number of halogens is 1. The van der Waals surface area contributed by atoms with Crippen molar-refractivity contribution in [2.24, 2.45) is 11.7 Å². The van der Waals surface area contributed by atoms with Gasteiger partial charge in [0.25, 0.3) is 0 Å². The lowest BCUT2D eigenvalue weighted by Crippen LogP contribution is -2.16. The summed E-state index contributed by atoms with van der Waals surface area (Å²) in [6, 6.07) is 4.67. The van der Waals surface area contributed by atoms with Crippen molar-refractivity contribution in [2.45, 2.75) is 25.8 Å². The maximum Gasteiger partial charge on any atom is 0.150 e. The molecule has 1 aromatic rings. The van der Waals surface area contributed by atoms with Crippen LogP contribution in [0.25, 0.3) is 0 Å². The fourth-order valence-electron chi connectivity index (χ4n) is 2.39. The molecule has 3 nitrogen and oxygen atoms in total. The zero-order valence-corrected chi connectivity index (χ0v) is 11.2. The molecule has 1 aromatic carbocycles. The number of hydrogen-bond acceptors (Lipinski definition) is 3. The lowest BCUT2D eigenvalue weighted by atomic mass is 9.94. The summed E-state index contributed by atoms with van der Waals surface area (Å²) in [4.78, 5) is 0. The van der Waals surface area contributed by atoms with Crippen LogP contribution in [-0.2, 0) is 9.84 Å². The average molecular weight is 271 g/mol. The second-order valence-corrected chi connectivity index (χ2v) is 7.35. The molecule has 1 aliphatic heterocycles. The zero-order chi connectivity index (χ0) is 13.3. The highest BCUT2D eigenvalue weighted by atomic mass is 32.2. The van der Waals surface area contributed by atoms with Crippen molar-refractivity contribution >= 4 is 9.84 Å². The molecule has 0 saturated carbocycles. The van der Waals surface area contributed by atoms with Crippen LogP contribution < -0.4 is 5.73 Å². The average Bonchev–Trinajstić information content (AvgIpc) is 2.62. The second kappa shape index (κ2) is 4.97. The highest BCUT2D eigenvalue weighted by molar-refractivity contribution is 7.91. The van der Waals surface area contributed by atoms with Gasteiger partial charge in [-0.3, -0.25) is 0 Å². The first kappa shape index (κ1) is 13.5. The molecule has 100 valence electrons. The van der Waals surface area contributed by atoms with Gasteiger partial charge >= 0.3 is 0 Å². The Hall–Kier alpha value is -0.940. The number of sulfone groups is 1. The van der Waals surface area contributed by atoms with Crippen molar-refractivity contribution in [1.29, 1.82) is 0 Å². The number of benzene rings is 1. The van der Waals surface area contributed by atoms with Gasteiger partial charge in [0.15, 0.2) is 9.84 Å². The topological polar surface area (TPSA) is 60.2 Å². The Morgan fingerprint density at radius 3 is 2.78 bits per heavy atom. The molecule has 0 aromatic heterocycles. The van der Waals surface area contributed by atoms with E-state index >= 15 is 0 Å². The van der Waals surface area contributed by atoms with Crippen LogP contribution >= 0.6 is 0 Å². The van der Waals surface area contributed by atoms with Crippen molar-refractivity contribution in [3.8, 4) is 0 Å². The molecule has 2 unspecified atom stereocenters. The van der Waals surface area contributed by atoms with Gasteiger partial charge in [-0.15, -0.1) is 0 Å². The Balaban J connectivity index is 2.04. The molecule has 1 saturated heterocycles. The lowest BCUT2D eigenvalue weighted by Gasteiger charge is -2.16. The van der Waals surface area contributed by atoms with Crippen molar-refractivity contribution in [3.63, 3.8) is 0 Å². The maximum absolute atomic E-state index is 13.4. The summed E-state index contributed by atoms with van der Waals surface area (Å²) in [7, 11) is -2.87. The summed E-state index contributed by atoms with van der Waals surface area (Å²) < 4.78 is 36.1. The molecule has 2 N–H and O–H groups in total. The van der Waals surface area contributed by atoms with Crippen LogP contribution in [0.15, 0.2) is 18.2 Å². The van der Waals surface area contributed by atoms with Crippen molar-refractivity contribution in [3.05, 3.63) is 35.1 Å². The third kappa shape index (κ3) is 3.09. The Kier molecular flexibility index (Phi) is 3.73. The van der Waals surface area contributed by atoms with E-state index < -0.39 is 9.84 Å². The van der Waals surface area contributed by atoms with Crippen molar-refractivity contribution in [1.82, 2.24) is 0 Å². The molecule has 1 fully saturated rings. The van der Waals surface area contributed by atoms with Gasteiger partial charge in [0.2, 0.25) is 0 Å². The van der Waals surface area contributed by atoms with Crippen LogP contribution in [0.1, 0.15) is 30.0 Å². The van der Waals surface area contributed by atoms with Crippen molar-refractivity contribution < 1.29 is 12.8 Å². The second-order valence-electron chi connectivity index (χ2n) is 5.12. The first-order valence-corrected chi connectivity index (χ1v) is 7.91. The van der Waals surface area contributed by atoms with Gasteiger partial charge in [0, 0.05) is 6.04 Å². The number of hydrogen-bond donors (Lipinski definition) is 1. The minimum Gasteiger partial charge on any atom is -0.324 e. The molecule has 5 heteroatoms. The van der Waals surface area contributed by atoms with E-state index in [1.807, 2.05) is 6.07 Å². The summed E-state index contributed by atoms with van der Waals surface area (Å²) in [5.74, 6) is 0.318. The molecular formula is C13H18FNO2S. The van der Waals surface area contributed by atoms with Crippen molar-refractivity contribution in [2.75, 3.05) is 11.5 Å². The van der Waals surface area contributed by atoms with E-state index in [0.717, 1.165) is 5.56 Å². The van der Waals surface area contributed by atoms with Crippen LogP contribution in [0.4, 0.5) is 4.39 Å². The fourth-order valence-corrected chi connectivity index (χ4v) is 4.27. The molecule has 1 aliphatic rings. The molecule has 0 radical (unpaired) electrons. The standard InChI is InChI=1S/C13H18FNO2S/c1-9-2-3-11(7-12(9)14)13(15)6-10-4-5-18(16,17)8-10/h2-3,7,10,13H,4-6,8,15H2,1H3. The van der Waals surface area contributed by atoms with E-state index in [1.165, 1.54) is 6.07 Å². The number of rotatable bonds is 3. The first-order chi connectivity index (χ1) is 8.37. The van der Waals surface area contributed by atoms with Crippen LogP contribution in [0.5, 0.6) is 0 Å². The molecule has 0 amide bonds. The summed E-state index contributed by atoms with van der Waals surface area (Å²) in [5, 5.41) is 0. The largest absolute Gasteiger partial charge is 0.324 e. The van der Waals surface area contributed by atoms with Gasteiger partial charge in [0.1, 0.15) is 5.82 Å². The highest BCUT2D eigenvalue weighted by Crippen LogP contribution is 2.28.